The van der Waals surface area contributed by atoms with Gasteiger partial charge in [-0.15, -0.1) is 11.3 Å². The van der Waals surface area contributed by atoms with Crippen molar-refractivity contribution in [3.8, 4) is 0 Å². The predicted octanol–water partition coefficient (Wildman–Crippen LogP) is 6.93. The molecule has 1 spiro atoms. The number of amides is 1. The molecule has 36 heavy (non-hydrogen) atoms. The van der Waals surface area contributed by atoms with Crippen LogP contribution in [0.25, 0.3) is 6.08 Å². The maximum atomic E-state index is 14.0. The number of rotatable bonds is 5. The predicted molar refractivity (Wildman–Crippen MR) is 151 cm³/mol. The number of para-hydroxylation sites is 2. The number of ketones is 1. The minimum Gasteiger partial charge on any atom is -0.285 e. The molecule has 3 aromatic carbocycles. The molecular formula is C28H19N3O2S3. The Balaban J connectivity index is 1.52. The highest BCUT2D eigenvalue weighted by Crippen LogP contribution is 2.59. The van der Waals surface area contributed by atoms with E-state index < -0.39 is 4.33 Å². The van der Waals surface area contributed by atoms with Crippen LogP contribution >= 0.6 is 34.9 Å². The summed E-state index contributed by atoms with van der Waals surface area (Å²) in [6.45, 7) is 0. The summed E-state index contributed by atoms with van der Waals surface area (Å²) < 4.78 is -1.04. The summed E-state index contributed by atoms with van der Waals surface area (Å²) in [4.78, 5) is 30.4. The Morgan fingerprint density at radius 3 is 2.06 bits per heavy atom. The van der Waals surface area contributed by atoms with Gasteiger partial charge in [0, 0.05) is 5.69 Å². The van der Waals surface area contributed by atoms with Gasteiger partial charge in [-0.2, -0.15) is 5.10 Å². The van der Waals surface area contributed by atoms with Crippen molar-refractivity contribution in [2.45, 2.75) is 4.33 Å². The lowest BCUT2D eigenvalue weighted by atomic mass is 10.2. The lowest BCUT2D eigenvalue weighted by Crippen LogP contribution is -2.51. The third-order valence-electron chi connectivity index (χ3n) is 5.68. The van der Waals surface area contributed by atoms with Crippen LogP contribution in [0, 0.1) is 0 Å². The average molecular weight is 526 g/mol. The molecule has 1 atom stereocenters. The molecule has 2 aliphatic heterocycles. The van der Waals surface area contributed by atoms with Crippen molar-refractivity contribution >= 4 is 69.0 Å². The highest BCUT2D eigenvalue weighted by atomic mass is 32.2. The molecule has 0 aliphatic carbocycles. The molecule has 1 saturated heterocycles. The van der Waals surface area contributed by atoms with E-state index in [9.17, 15) is 9.59 Å². The minimum absolute atomic E-state index is 0.136. The van der Waals surface area contributed by atoms with Crippen molar-refractivity contribution in [1.29, 1.82) is 0 Å². The molecule has 2 aliphatic rings. The van der Waals surface area contributed by atoms with Crippen LogP contribution in [0.1, 0.15) is 15.2 Å². The molecule has 0 saturated carbocycles. The Bertz CT molecular complexity index is 1470. The van der Waals surface area contributed by atoms with Crippen molar-refractivity contribution in [2.75, 3.05) is 9.91 Å². The van der Waals surface area contributed by atoms with E-state index in [0.717, 1.165) is 16.9 Å². The molecule has 8 heteroatoms. The van der Waals surface area contributed by atoms with Gasteiger partial charge in [0.15, 0.2) is 5.04 Å². The Labute approximate surface area is 221 Å². The number of benzene rings is 3. The summed E-state index contributed by atoms with van der Waals surface area (Å²) in [6.07, 6.45) is 1.90. The van der Waals surface area contributed by atoms with E-state index in [-0.39, 0.29) is 11.7 Å². The van der Waals surface area contributed by atoms with E-state index in [2.05, 4.69) is 0 Å². The summed E-state index contributed by atoms with van der Waals surface area (Å²) in [6, 6.07) is 32.7. The van der Waals surface area contributed by atoms with Gasteiger partial charge in [0.2, 0.25) is 10.1 Å². The van der Waals surface area contributed by atoms with Crippen LogP contribution in [0.4, 0.5) is 11.4 Å². The molecule has 1 aromatic heterocycles. The Hall–Kier alpha value is -3.59. The first-order chi connectivity index (χ1) is 17.7. The Kier molecular flexibility index (Phi) is 6.00. The van der Waals surface area contributed by atoms with Gasteiger partial charge < -0.3 is 0 Å². The van der Waals surface area contributed by atoms with E-state index >= 15 is 0 Å². The van der Waals surface area contributed by atoms with Gasteiger partial charge in [0.05, 0.1) is 15.5 Å². The van der Waals surface area contributed by atoms with Crippen LogP contribution in [0.5, 0.6) is 0 Å². The average Bonchev–Trinajstić information content (AvgIpc) is 3.65. The van der Waals surface area contributed by atoms with Crippen molar-refractivity contribution in [1.82, 2.24) is 0 Å². The lowest BCUT2D eigenvalue weighted by Gasteiger charge is -2.38. The van der Waals surface area contributed by atoms with Crippen molar-refractivity contribution in [2.24, 2.45) is 5.10 Å². The first kappa shape index (κ1) is 22.8. The molecule has 5 nitrogen and oxygen atoms in total. The Morgan fingerprint density at radius 1 is 0.778 bits per heavy atom. The molecule has 1 amide bonds. The summed E-state index contributed by atoms with van der Waals surface area (Å²) >= 11 is 4.11. The third-order valence-corrected chi connectivity index (χ3v) is 9.26. The summed E-state index contributed by atoms with van der Waals surface area (Å²) in [5.74, 6) is -0.280. The maximum absolute atomic E-state index is 14.0. The fourth-order valence-corrected chi connectivity index (χ4v) is 7.73. The van der Waals surface area contributed by atoms with Crippen LogP contribution in [0.15, 0.2) is 119 Å². The van der Waals surface area contributed by atoms with E-state index in [4.69, 9.17) is 5.10 Å². The van der Waals surface area contributed by atoms with E-state index in [1.807, 2.05) is 109 Å². The molecule has 4 aromatic rings. The number of nitrogens with zero attached hydrogens (tertiary/aromatic N) is 3. The fourth-order valence-electron chi connectivity index (χ4n) is 4.06. The molecule has 176 valence electrons. The second kappa shape index (κ2) is 9.46. The monoisotopic (exact) mass is 525 g/mol. The molecular weight excluding hydrogens is 507 g/mol. The van der Waals surface area contributed by atoms with Gasteiger partial charge in [0.1, 0.15) is 0 Å². The molecule has 0 radical (unpaired) electrons. The van der Waals surface area contributed by atoms with E-state index in [1.165, 1.54) is 34.9 Å². The zero-order valence-electron chi connectivity index (χ0n) is 18.9. The number of thioether (sulfide) groups is 2. The Morgan fingerprint density at radius 2 is 1.42 bits per heavy atom. The summed E-state index contributed by atoms with van der Waals surface area (Å²) in [7, 11) is 0. The normalized spacial score (nSPS) is 20.4. The van der Waals surface area contributed by atoms with E-state index in [1.54, 1.807) is 16.0 Å². The number of hydrogen-bond donors (Lipinski definition) is 0. The molecule has 3 heterocycles. The van der Waals surface area contributed by atoms with Crippen LogP contribution in [-0.4, -0.2) is 21.1 Å². The van der Waals surface area contributed by atoms with Crippen molar-refractivity contribution < 1.29 is 9.59 Å². The first-order valence-corrected chi connectivity index (χ1v) is 13.7. The molecule has 1 unspecified atom stereocenters. The second-order valence-electron chi connectivity index (χ2n) is 8.01. The standard InChI is InChI=1S/C28H19N3O2S3/c32-25(23-17-10-18-34-23)26-29-31(22-15-8-3-9-16-22)28(36-26)30(21-13-6-2-7-14-21)27(33)24(35-28)19-20-11-4-1-5-12-20/h1-19H. The number of thiophene rings is 1. The molecule has 0 N–H and O–H groups in total. The third kappa shape index (κ3) is 3.97. The molecule has 0 bridgehead atoms. The quantitative estimate of drug-likeness (QED) is 0.209. The molecule has 6 rings (SSSR count). The minimum atomic E-state index is -1.04. The maximum Gasteiger partial charge on any atom is 0.268 e. The fraction of sp³-hybridized carbons (Fsp3) is 0.0357. The van der Waals surface area contributed by atoms with Crippen LogP contribution < -0.4 is 9.91 Å². The van der Waals surface area contributed by atoms with Crippen LogP contribution in [0.3, 0.4) is 0 Å². The van der Waals surface area contributed by atoms with E-state index in [0.29, 0.717) is 14.8 Å². The van der Waals surface area contributed by atoms with Gasteiger partial charge >= 0.3 is 0 Å². The van der Waals surface area contributed by atoms with Gasteiger partial charge in [-0.25, -0.2) is 5.01 Å². The zero-order valence-corrected chi connectivity index (χ0v) is 21.3. The smallest absolute Gasteiger partial charge is 0.268 e. The number of carbonyl (C=O) groups is 2. The highest BCUT2D eigenvalue weighted by molar-refractivity contribution is 8.29. The SMILES string of the molecule is O=C(C1=NN(c2ccccc2)C2(SC(=Cc3ccccc3)C(=O)N2c2ccccc2)S1)c1cccs1. The summed E-state index contributed by atoms with van der Waals surface area (Å²) in [5, 5.41) is 8.86. The number of hydrazone groups is 1. The van der Waals surface area contributed by atoms with Crippen molar-refractivity contribution in [3.63, 3.8) is 0 Å². The van der Waals surface area contributed by atoms with Gasteiger partial charge in [0.25, 0.3) is 5.91 Å². The number of carbonyl (C=O) groups excluding carboxylic acids is 2. The summed E-state index contributed by atoms with van der Waals surface area (Å²) in [5.41, 5.74) is 2.46. The van der Waals surface area contributed by atoms with Gasteiger partial charge in [-0.05, 0) is 59.1 Å². The highest BCUT2D eigenvalue weighted by Gasteiger charge is 2.60. The van der Waals surface area contributed by atoms with Crippen LogP contribution in [0.2, 0.25) is 0 Å². The second-order valence-corrected chi connectivity index (χ2v) is 11.6. The topological polar surface area (TPSA) is 53.0 Å². The number of hydrogen-bond acceptors (Lipinski definition) is 7. The largest absolute Gasteiger partial charge is 0.285 e. The van der Waals surface area contributed by atoms with Gasteiger partial charge in [-0.1, -0.05) is 84.6 Å². The molecule has 1 fully saturated rings. The zero-order chi connectivity index (χ0) is 24.5. The first-order valence-electron chi connectivity index (χ1n) is 11.2. The van der Waals surface area contributed by atoms with Crippen molar-refractivity contribution in [3.05, 3.63) is 124 Å². The van der Waals surface area contributed by atoms with Crippen LogP contribution in [-0.2, 0) is 4.79 Å². The lowest BCUT2D eigenvalue weighted by molar-refractivity contribution is -0.114. The number of anilines is 2. The van der Waals surface area contributed by atoms with Gasteiger partial charge in [-0.3, -0.25) is 14.5 Å². The number of Topliss-reactive ketones (excluding diaryl/α,β-unsaturated/α-hetero) is 1.